The molecule has 6 nitrogen and oxygen atoms in total. The smallest absolute Gasteiger partial charge is 0.185 e. The van der Waals surface area contributed by atoms with Gasteiger partial charge in [0, 0.05) is 21.2 Å². The third kappa shape index (κ3) is 4.20. The number of hydrogen-bond donors (Lipinski definition) is 2. The Balaban J connectivity index is 1.44. The topological polar surface area (TPSA) is 77.4 Å². The summed E-state index contributed by atoms with van der Waals surface area (Å²) in [6, 6.07) is 14.2. The van der Waals surface area contributed by atoms with Gasteiger partial charge in [-0.1, -0.05) is 47.5 Å². The van der Waals surface area contributed by atoms with E-state index in [-0.39, 0.29) is 13.2 Å². The third-order valence-corrected chi connectivity index (χ3v) is 5.27. The van der Waals surface area contributed by atoms with E-state index in [9.17, 15) is 10.2 Å². The van der Waals surface area contributed by atoms with Crippen LogP contribution in [0.5, 0.6) is 0 Å². The van der Waals surface area contributed by atoms with Crippen molar-refractivity contribution in [1.29, 1.82) is 0 Å². The van der Waals surface area contributed by atoms with E-state index in [1.165, 1.54) is 0 Å². The summed E-state index contributed by atoms with van der Waals surface area (Å²) in [7, 11) is 0. The molecule has 0 spiro atoms. The Hall–Kier alpha value is -1.22. The fourth-order valence-corrected chi connectivity index (χ4v) is 3.79. The summed E-state index contributed by atoms with van der Waals surface area (Å²) in [4.78, 5) is 0. The van der Waals surface area contributed by atoms with Crippen molar-refractivity contribution in [2.75, 3.05) is 13.2 Å². The zero-order valence-electron chi connectivity index (χ0n) is 14.8. The monoisotopic (exact) mass is 426 g/mol. The Bertz CT molecular complexity index is 819. The number of hydrogen-bond acceptors (Lipinski definition) is 6. The maximum absolute atomic E-state index is 10.8. The average molecular weight is 427 g/mol. The molecule has 0 radical (unpaired) electrons. The van der Waals surface area contributed by atoms with Crippen molar-refractivity contribution in [3.63, 3.8) is 0 Å². The first-order chi connectivity index (χ1) is 13.5. The van der Waals surface area contributed by atoms with E-state index in [1.54, 1.807) is 36.4 Å². The van der Waals surface area contributed by atoms with Crippen LogP contribution in [-0.2, 0) is 18.9 Å². The molecule has 2 unspecified atom stereocenters. The Morgan fingerprint density at radius 3 is 2.18 bits per heavy atom. The molecule has 2 saturated heterocycles. The molecule has 2 aromatic rings. The number of benzene rings is 2. The zero-order chi connectivity index (χ0) is 19.7. The lowest BCUT2D eigenvalue weighted by Crippen LogP contribution is -2.45. The Kier molecular flexibility index (Phi) is 6.20. The van der Waals surface area contributed by atoms with Gasteiger partial charge in [-0.15, -0.1) is 0 Å². The van der Waals surface area contributed by atoms with Gasteiger partial charge in [0.15, 0.2) is 12.6 Å². The van der Waals surface area contributed by atoms with Gasteiger partial charge < -0.3 is 29.2 Å². The molecule has 2 aliphatic heterocycles. The second-order valence-electron chi connectivity index (χ2n) is 6.73. The molecule has 2 aromatic carbocycles. The maximum Gasteiger partial charge on any atom is 0.185 e. The van der Waals surface area contributed by atoms with E-state index in [0.29, 0.717) is 15.6 Å². The lowest BCUT2D eigenvalue weighted by molar-refractivity contribution is -0.125. The molecule has 2 fully saturated rings. The van der Waals surface area contributed by atoms with Gasteiger partial charge >= 0.3 is 0 Å². The largest absolute Gasteiger partial charge is 0.394 e. The van der Waals surface area contributed by atoms with Crippen LogP contribution >= 0.6 is 23.2 Å². The lowest BCUT2D eigenvalue weighted by Gasteiger charge is -2.24. The Morgan fingerprint density at radius 2 is 1.57 bits per heavy atom. The first-order valence-electron chi connectivity index (χ1n) is 8.93. The van der Waals surface area contributed by atoms with Crippen molar-refractivity contribution in [2.45, 2.75) is 37.0 Å². The van der Waals surface area contributed by atoms with E-state index in [0.717, 1.165) is 5.56 Å². The molecular weight excluding hydrogens is 407 g/mol. The molecule has 0 amide bonds. The predicted octanol–water partition coefficient (Wildman–Crippen LogP) is 3.24. The first kappa shape index (κ1) is 20.1. The van der Waals surface area contributed by atoms with Crippen molar-refractivity contribution < 1.29 is 29.2 Å². The second kappa shape index (κ2) is 8.65. The van der Waals surface area contributed by atoms with Gasteiger partial charge in [-0.25, -0.2) is 0 Å². The summed E-state index contributed by atoms with van der Waals surface area (Å²) < 4.78 is 23.2. The van der Waals surface area contributed by atoms with Gasteiger partial charge in [-0.3, -0.25) is 0 Å². The van der Waals surface area contributed by atoms with Crippen LogP contribution < -0.4 is 0 Å². The summed E-state index contributed by atoms with van der Waals surface area (Å²) in [6.07, 6.45) is -4.53. The number of halogens is 2. The third-order valence-electron chi connectivity index (χ3n) is 4.79. The fourth-order valence-electron chi connectivity index (χ4n) is 3.39. The van der Waals surface area contributed by atoms with Gasteiger partial charge in [-0.05, 0) is 24.3 Å². The van der Waals surface area contributed by atoms with Crippen LogP contribution in [0.15, 0.2) is 48.5 Å². The molecular formula is C20H20Cl2O6. The Morgan fingerprint density at radius 1 is 0.929 bits per heavy atom. The molecule has 28 heavy (non-hydrogen) atoms. The van der Waals surface area contributed by atoms with Crippen LogP contribution in [0.4, 0.5) is 0 Å². The summed E-state index contributed by atoms with van der Waals surface area (Å²) in [5.41, 5.74) is 1.47. The highest BCUT2D eigenvalue weighted by atomic mass is 35.5. The van der Waals surface area contributed by atoms with E-state index in [4.69, 9.17) is 42.1 Å². The molecule has 2 aliphatic rings. The van der Waals surface area contributed by atoms with Crippen molar-refractivity contribution in [2.24, 2.45) is 0 Å². The summed E-state index contributed by atoms with van der Waals surface area (Å²) >= 11 is 12.0. The lowest BCUT2D eigenvalue weighted by atomic mass is 10.0. The van der Waals surface area contributed by atoms with Crippen molar-refractivity contribution in [1.82, 2.24) is 0 Å². The van der Waals surface area contributed by atoms with Crippen LogP contribution in [0.25, 0.3) is 0 Å². The molecule has 2 N–H and O–H groups in total. The number of ether oxygens (including phenoxy) is 4. The van der Waals surface area contributed by atoms with Crippen molar-refractivity contribution in [3.8, 4) is 0 Å². The summed E-state index contributed by atoms with van der Waals surface area (Å²) in [6.45, 7) is -0.123. The molecule has 150 valence electrons. The van der Waals surface area contributed by atoms with Gasteiger partial charge in [0.2, 0.25) is 0 Å². The fraction of sp³-hybridized carbons (Fsp3) is 0.400. The quantitative estimate of drug-likeness (QED) is 0.763. The SMILES string of the molecule is OC[C@@H]1OC(c2cccc(Cl)c2)O[C@@H]1[C@@H](O)[C@H]1COC(c2cccc(Cl)c2)O1. The highest BCUT2D eigenvalue weighted by Gasteiger charge is 2.46. The minimum Gasteiger partial charge on any atom is -0.394 e. The van der Waals surface area contributed by atoms with E-state index in [1.807, 2.05) is 12.1 Å². The number of aliphatic hydroxyl groups is 2. The molecule has 8 heteroatoms. The van der Waals surface area contributed by atoms with Gasteiger partial charge in [0.25, 0.3) is 0 Å². The van der Waals surface area contributed by atoms with Gasteiger partial charge in [0.05, 0.1) is 13.2 Å². The maximum atomic E-state index is 10.8. The molecule has 2 heterocycles. The van der Waals surface area contributed by atoms with E-state index >= 15 is 0 Å². The van der Waals surface area contributed by atoms with Crippen molar-refractivity contribution in [3.05, 3.63) is 69.7 Å². The highest BCUT2D eigenvalue weighted by molar-refractivity contribution is 6.30. The molecule has 0 aromatic heterocycles. The van der Waals surface area contributed by atoms with Crippen LogP contribution in [0.2, 0.25) is 10.0 Å². The molecule has 0 saturated carbocycles. The minimum absolute atomic E-state index is 0.179. The van der Waals surface area contributed by atoms with Gasteiger partial charge in [0.1, 0.15) is 24.4 Å². The van der Waals surface area contributed by atoms with Crippen LogP contribution in [0.1, 0.15) is 23.7 Å². The molecule has 0 bridgehead atoms. The normalized spacial score (nSPS) is 31.2. The van der Waals surface area contributed by atoms with E-state index < -0.39 is 37.0 Å². The van der Waals surface area contributed by atoms with Crippen LogP contribution in [0, 0.1) is 0 Å². The molecule has 4 rings (SSSR count). The standard InChI is InChI=1S/C20H20Cl2O6/c21-13-5-1-3-11(7-13)19-25-10-16(27-19)17(24)18-15(9-23)26-20(28-18)12-4-2-6-14(22)8-12/h1-8,15-20,23-24H,9-10H2/t15-,16+,17-,18-,19?,20?/m0/s1. The predicted molar refractivity (Wildman–Crippen MR) is 102 cm³/mol. The van der Waals surface area contributed by atoms with Crippen LogP contribution in [-0.4, -0.2) is 47.8 Å². The summed E-state index contributed by atoms with van der Waals surface area (Å²) in [5, 5.41) is 21.6. The van der Waals surface area contributed by atoms with Crippen LogP contribution in [0.3, 0.4) is 0 Å². The molecule has 0 aliphatic carbocycles. The van der Waals surface area contributed by atoms with E-state index in [2.05, 4.69) is 0 Å². The first-order valence-corrected chi connectivity index (χ1v) is 9.68. The second-order valence-corrected chi connectivity index (χ2v) is 7.60. The highest BCUT2D eigenvalue weighted by Crippen LogP contribution is 2.37. The minimum atomic E-state index is -1.05. The van der Waals surface area contributed by atoms with Crippen molar-refractivity contribution >= 4 is 23.2 Å². The zero-order valence-corrected chi connectivity index (χ0v) is 16.3. The Labute approximate surface area is 172 Å². The average Bonchev–Trinajstić information content (AvgIpc) is 3.35. The number of aliphatic hydroxyl groups excluding tert-OH is 2. The van der Waals surface area contributed by atoms with Gasteiger partial charge in [-0.2, -0.15) is 0 Å². The number of rotatable bonds is 5. The summed E-state index contributed by atoms with van der Waals surface area (Å²) in [5.74, 6) is 0. The molecule has 6 atom stereocenters.